The maximum atomic E-state index is 9.34. The van der Waals surface area contributed by atoms with E-state index in [1.807, 2.05) is 39.0 Å². The van der Waals surface area contributed by atoms with Crippen molar-refractivity contribution in [1.29, 1.82) is 10.5 Å². The van der Waals surface area contributed by atoms with E-state index in [2.05, 4.69) is 22.2 Å². The molecular formula is C16H17N5. The Morgan fingerprint density at radius 3 is 2.62 bits per heavy atom. The van der Waals surface area contributed by atoms with Crippen LogP contribution in [0.1, 0.15) is 43.4 Å². The minimum atomic E-state index is -0.595. The van der Waals surface area contributed by atoms with Crippen molar-refractivity contribution < 1.29 is 0 Å². The zero-order valence-corrected chi connectivity index (χ0v) is 12.4. The summed E-state index contributed by atoms with van der Waals surface area (Å²) in [6, 6.07) is 10.5. The fourth-order valence-corrected chi connectivity index (χ4v) is 2.06. The Labute approximate surface area is 124 Å². The Morgan fingerprint density at radius 1 is 1.29 bits per heavy atom. The Bertz CT molecular complexity index is 701. The molecule has 5 heteroatoms. The van der Waals surface area contributed by atoms with Crippen LogP contribution < -0.4 is 0 Å². The Balaban J connectivity index is 2.48. The van der Waals surface area contributed by atoms with Crippen LogP contribution in [-0.4, -0.2) is 14.8 Å². The summed E-state index contributed by atoms with van der Waals surface area (Å²) >= 11 is 0. The van der Waals surface area contributed by atoms with Crippen LogP contribution in [0.25, 0.3) is 0 Å². The molecule has 0 aliphatic heterocycles. The molecule has 106 valence electrons. The van der Waals surface area contributed by atoms with Crippen molar-refractivity contribution in [3.05, 3.63) is 47.5 Å². The summed E-state index contributed by atoms with van der Waals surface area (Å²) < 4.78 is 1.72. The number of benzene rings is 1. The van der Waals surface area contributed by atoms with Crippen molar-refractivity contribution in [1.82, 2.24) is 14.8 Å². The molecule has 0 amide bonds. The van der Waals surface area contributed by atoms with Gasteiger partial charge in [-0.25, -0.2) is 9.67 Å². The predicted octanol–water partition coefficient (Wildman–Crippen LogP) is 2.75. The van der Waals surface area contributed by atoms with Gasteiger partial charge in [0.05, 0.1) is 30.0 Å². The van der Waals surface area contributed by atoms with Gasteiger partial charge in [-0.05, 0) is 37.5 Å². The molecule has 1 aromatic heterocycles. The first-order chi connectivity index (χ1) is 9.96. The van der Waals surface area contributed by atoms with Gasteiger partial charge < -0.3 is 0 Å². The van der Waals surface area contributed by atoms with Gasteiger partial charge in [-0.1, -0.05) is 18.2 Å². The average molecular weight is 279 g/mol. The second-order valence-electron chi connectivity index (χ2n) is 5.64. The minimum absolute atomic E-state index is 0.214. The molecule has 2 rings (SSSR count). The van der Waals surface area contributed by atoms with Crippen LogP contribution in [0.5, 0.6) is 0 Å². The van der Waals surface area contributed by atoms with Crippen LogP contribution >= 0.6 is 0 Å². The number of hydrogen-bond donors (Lipinski definition) is 0. The highest BCUT2D eigenvalue weighted by Gasteiger charge is 2.22. The summed E-state index contributed by atoms with van der Waals surface area (Å²) in [5.74, 6) is -0.214. The third-order valence-electron chi connectivity index (χ3n) is 3.52. The van der Waals surface area contributed by atoms with Crippen LogP contribution in [0.15, 0.2) is 30.9 Å². The second-order valence-corrected chi connectivity index (χ2v) is 5.64. The lowest BCUT2D eigenvalue weighted by Gasteiger charge is -2.19. The summed E-state index contributed by atoms with van der Waals surface area (Å²) in [5, 5.41) is 22.6. The molecule has 0 spiro atoms. The van der Waals surface area contributed by atoms with E-state index in [1.54, 1.807) is 11.0 Å². The van der Waals surface area contributed by atoms with Gasteiger partial charge in [0.2, 0.25) is 0 Å². The van der Waals surface area contributed by atoms with Crippen LogP contribution in [0.4, 0.5) is 0 Å². The number of nitrogens with zero attached hydrogens (tertiary/aromatic N) is 5. The first kappa shape index (κ1) is 14.7. The fraction of sp³-hybridized carbons (Fsp3) is 0.375. The van der Waals surface area contributed by atoms with E-state index in [-0.39, 0.29) is 5.92 Å². The van der Waals surface area contributed by atoms with Gasteiger partial charge in [0.25, 0.3) is 0 Å². The normalized spacial score (nSPS) is 12.4. The summed E-state index contributed by atoms with van der Waals surface area (Å²) in [5.41, 5.74) is 2.26. The highest BCUT2D eigenvalue weighted by molar-refractivity contribution is 5.40. The fourth-order valence-electron chi connectivity index (χ4n) is 2.06. The van der Waals surface area contributed by atoms with Crippen molar-refractivity contribution in [2.24, 2.45) is 0 Å². The lowest BCUT2D eigenvalue weighted by atomic mass is 9.83. The van der Waals surface area contributed by atoms with E-state index in [0.29, 0.717) is 6.54 Å². The molecule has 0 aliphatic rings. The standard InChI is InChI=1S/C16H17N5/c1-12(7-17)14-4-13(8-21-11-19-10-20-21)5-15(6-14)16(2,3)9-18/h4-6,10-12H,8H2,1-3H3/t12-/m1/s1. The van der Waals surface area contributed by atoms with Gasteiger partial charge in [-0.15, -0.1) is 0 Å². The first-order valence-corrected chi connectivity index (χ1v) is 6.74. The van der Waals surface area contributed by atoms with E-state index >= 15 is 0 Å². The highest BCUT2D eigenvalue weighted by atomic mass is 15.3. The van der Waals surface area contributed by atoms with Gasteiger partial charge in [-0.2, -0.15) is 15.6 Å². The van der Waals surface area contributed by atoms with Gasteiger partial charge in [0.1, 0.15) is 12.7 Å². The van der Waals surface area contributed by atoms with Crippen molar-refractivity contribution >= 4 is 0 Å². The molecular weight excluding hydrogens is 262 g/mol. The molecule has 0 radical (unpaired) electrons. The molecule has 1 heterocycles. The van der Waals surface area contributed by atoms with Crippen molar-refractivity contribution in [2.45, 2.75) is 38.6 Å². The average Bonchev–Trinajstić information content (AvgIpc) is 2.98. The van der Waals surface area contributed by atoms with E-state index in [0.717, 1.165) is 16.7 Å². The van der Waals surface area contributed by atoms with Crippen molar-refractivity contribution in [2.75, 3.05) is 0 Å². The highest BCUT2D eigenvalue weighted by Crippen LogP contribution is 2.27. The van der Waals surface area contributed by atoms with E-state index in [1.165, 1.54) is 6.33 Å². The topological polar surface area (TPSA) is 78.3 Å². The molecule has 1 aromatic carbocycles. The van der Waals surface area contributed by atoms with Gasteiger partial charge in [-0.3, -0.25) is 0 Å². The monoisotopic (exact) mass is 279 g/mol. The minimum Gasteiger partial charge on any atom is -0.249 e. The quantitative estimate of drug-likeness (QED) is 0.862. The maximum Gasteiger partial charge on any atom is 0.137 e. The molecule has 0 unspecified atom stereocenters. The molecule has 5 nitrogen and oxygen atoms in total. The third kappa shape index (κ3) is 3.27. The van der Waals surface area contributed by atoms with E-state index in [9.17, 15) is 5.26 Å². The largest absolute Gasteiger partial charge is 0.249 e. The van der Waals surface area contributed by atoms with E-state index < -0.39 is 5.41 Å². The second kappa shape index (κ2) is 5.76. The Morgan fingerprint density at radius 2 is 2.05 bits per heavy atom. The number of rotatable bonds is 4. The predicted molar refractivity (Wildman–Crippen MR) is 78.2 cm³/mol. The van der Waals surface area contributed by atoms with Crippen molar-refractivity contribution in [3.8, 4) is 12.1 Å². The molecule has 1 atom stereocenters. The zero-order chi connectivity index (χ0) is 15.5. The molecule has 0 aliphatic carbocycles. The van der Waals surface area contributed by atoms with Crippen LogP contribution in [0.2, 0.25) is 0 Å². The zero-order valence-electron chi connectivity index (χ0n) is 12.4. The van der Waals surface area contributed by atoms with Crippen molar-refractivity contribution in [3.63, 3.8) is 0 Å². The lowest BCUT2D eigenvalue weighted by Crippen LogP contribution is -2.15. The summed E-state index contributed by atoms with van der Waals surface area (Å²) in [6.45, 7) is 6.18. The molecule has 0 fully saturated rings. The molecule has 0 saturated carbocycles. The Hall–Kier alpha value is -2.66. The molecule has 21 heavy (non-hydrogen) atoms. The molecule has 2 aromatic rings. The third-order valence-corrected chi connectivity index (χ3v) is 3.52. The van der Waals surface area contributed by atoms with Crippen LogP contribution in [0, 0.1) is 22.7 Å². The van der Waals surface area contributed by atoms with Gasteiger partial charge >= 0.3 is 0 Å². The van der Waals surface area contributed by atoms with Crippen LogP contribution in [-0.2, 0) is 12.0 Å². The number of nitriles is 2. The molecule has 0 saturated heterocycles. The summed E-state index contributed by atoms with van der Waals surface area (Å²) in [4.78, 5) is 3.93. The van der Waals surface area contributed by atoms with Gasteiger partial charge in [0.15, 0.2) is 0 Å². The number of aromatic nitrogens is 3. The molecule has 0 bridgehead atoms. The Kier molecular flexibility index (Phi) is 4.05. The van der Waals surface area contributed by atoms with Gasteiger partial charge in [0, 0.05) is 0 Å². The SMILES string of the molecule is C[C@H](C#N)c1cc(Cn2cncn2)cc(C(C)(C)C#N)c1. The lowest BCUT2D eigenvalue weighted by molar-refractivity contribution is 0.665. The smallest absolute Gasteiger partial charge is 0.137 e. The summed E-state index contributed by atoms with van der Waals surface area (Å²) in [6.07, 6.45) is 3.14. The first-order valence-electron chi connectivity index (χ1n) is 6.74. The molecule has 0 N–H and O–H groups in total. The maximum absolute atomic E-state index is 9.34. The summed E-state index contributed by atoms with van der Waals surface area (Å²) in [7, 11) is 0. The van der Waals surface area contributed by atoms with Crippen LogP contribution in [0.3, 0.4) is 0 Å². The number of hydrogen-bond acceptors (Lipinski definition) is 4. The van der Waals surface area contributed by atoms with E-state index in [4.69, 9.17) is 5.26 Å².